The molecule has 3 nitrogen and oxygen atoms in total. The maximum absolute atomic E-state index is 4.09. The van der Waals surface area contributed by atoms with Crippen LogP contribution in [0.3, 0.4) is 0 Å². The van der Waals surface area contributed by atoms with Gasteiger partial charge in [-0.15, -0.1) is 11.3 Å². The van der Waals surface area contributed by atoms with Gasteiger partial charge in [0.05, 0.1) is 6.33 Å². The molecule has 110 valence electrons. The van der Waals surface area contributed by atoms with Crippen molar-refractivity contribution in [2.45, 2.75) is 39.4 Å². The van der Waals surface area contributed by atoms with Crippen molar-refractivity contribution in [3.63, 3.8) is 0 Å². The van der Waals surface area contributed by atoms with Gasteiger partial charge in [0.2, 0.25) is 0 Å². The molecule has 2 heterocycles. The van der Waals surface area contributed by atoms with Gasteiger partial charge in [-0.3, -0.25) is 0 Å². The van der Waals surface area contributed by atoms with E-state index in [1.807, 2.05) is 30.1 Å². The van der Waals surface area contributed by atoms with E-state index in [9.17, 15) is 0 Å². The van der Waals surface area contributed by atoms with Crippen LogP contribution in [-0.4, -0.2) is 15.6 Å². The largest absolute Gasteiger partial charge is 0.336 e. The molecule has 0 spiro atoms. The van der Waals surface area contributed by atoms with Crippen molar-refractivity contribution in [1.82, 2.24) is 14.9 Å². The summed E-state index contributed by atoms with van der Waals surface area (Å²) in [6, 6.07) is 9.41. The van der Waals surface area contributed by atoms with Crippen molar-refractivity contribution in [2.24, 2.45) is 0 Å². The van der Waals surface area contributed by atoms with Crippen LogP contribution in [0.4, 0.5) is 0 Å². The zero-order chi connectivity index (χ0) is 14.8. The Morgan fingerprint density at radius 1 is 1.29 bits per heavy atom. The Hall–Kier alpha value is -1.65. The second-order valence-corrected chi connectivity index (χ2v) is 6.72. The third kappa shape index (κ3) is 3.01. The molecule has 1 N–H and O–H groups in total. The molecule has 21 heavy (non-hydrogen) atoms. The minimum Gasteiger partial charge on any atom is -0.336 e. The number of hydrogen-bond donors (Lipinski definition) is 1. The summed E-state index contributed by atoms with van der Waals surface area (Å²) in [7, 11) is 0. The minimum absolute atomic E-state index is 0.362. The van der Waals surface area contributed by atoms with Crippen LogP contribution in [0.25, 0.3) is 10.1 Å². The van der Waals surface area contributed by atoms with Gasteiger partial charge in [0.25, 0.3) is 0 Å². The number of nitrogens with zero attached hydrogens (tertiary/aromatic N) is 2. The molecule has 0 saturated heterocycles. The fourth-order valence-electron chi connectivity index (χ4n) is 2.87. The molecule has 4 heteroatoms. The average Bonchev–Trinajstić information content (AvgIpc) is 3.07. The molecule has 2 aromatic heterocycles. The van der Waals surface area contributed by atoms with Crippen molar-refractivity contribution >= 4 is 21.4 Å². The SMILES string of the molecule is Cc1c(C(C)NC(C)Cn2ccnc2)sc2ccccc12. The summed E-state index contributed by atoms with van der Waals surface area (Å²) in [5.74, 6) is 0. The molecule has 0 fully saturated rings. The number of imidazole rings is 1. The first kappa shape index (κ1) is 14.3. The van der Waals surface area contributed by atoms with Crippen molar-refractivity contribution < 1.29 is 0 Å². The van der Waals surface area contributed by atoms with Crippen LogP contribution in [0.2, 0.25) is 0 Å². The van der Waals surface area contributed by atoms with Gasteiger partial charge in [0.15, 0.2) is 0 Å². The topological polar surface area (TPSA) is 29.9 Å². The smallest absolute Gasteiger partial charge is 0.0946 e. The molecule has 1 aromatic carbocycles. The zero-order valence-corrected chi connectivity index (χ0v) is 13.5. The van der Waals surface area contributed by atoms with Crippen LogP contribution in [0.15, 0.2) is 43.0 Å². The van der Waals surface area contributed by atoms with E-state index in [1.165, 1.54) is 20.5 Å². The third-order valence-corrected chi connectivity index (χ3v) is 5.31. The van der Waals surface area contributed by atoms with Gasteiger partial charge in [-0.05, 0) is 37.8 Å². The first-order valence-electron chi connectivity index (χ1n) is 7.35. The van der Waals surface area contributed by atoms with Crippen LogP contribution in [0, 0.1) is 6.92 Å². The van der Waals surface area contributed by atoms with E-state index in [0.717, 1.165) is 6.54 Å². The highest BCUT2D eigenvalue weighted by Crippen LogP contribution is 2.34. The quantitative estimate of drug-likeness (QED) is 0.767. The van der Waals surface area contributed by atoms with Gasteiger partial charge in [-0.1, -0.05) is 18.2 Å². The maximum atomic E-state index is 4.09. The Morgan fingerprint density at radius 2 is 2.10 bits per heavy atom. The molecule has 0 aliphatic heterocycles. The van der Waals surface area contributed by atoms with Crippen LogP contribution >= 0.6 is 11.3 Å². The first-order chi connectivity index (χ1) is 10.1. The Bertz CT molecular complexity index is 715. The van der Waals surface area contributed by atoms with Crippen molar-refractivity contribution in [3.8, 4) is 0 Å². The molecule has 0 bridgehead atoms. The van der Waals surface area contributed by atoms with Crippen LogP contribution < -0.4 is 5.32 Å². The number of hydrogen-bond acceptors (Lipinski definition) is 3. The van der Waals surface area contributed by atoms with E-state index in [-0.39, 0.29) is 0 Å². The number of aromatic nitrogens is 2. The number of thiophene rings is 1. The lowest BCUT2D eigenvalue weighted by Gasteiger charge is -2.20. The highest BCUT2D eigenvalue weighted by atomic mass is 32.1. The number of benzene rings is 1. The predicted molar refractivity (Wildman–Crippen MR) is 89.8 cm³/mol. The lowest BCUT2D eigenvalue weighted by molar-refractivity contribution is 0.433. The fraction of sp³-hybridized carbons (Fsp3) is 0.353. The molecule has 2 unspecified atom stereocenters. The van der Waals surface area contributed by atoms with Crippen LogP contribution in [0.5, 0.6) is 0 Å². The molecule has 3 rings (SSSR count). The number of nitrogens with one attached hydrogen (secondary N) is 1. The van der Waals surface area contributed by atoms with Gasteiger partial charge in [-0.2, -0.15) is 0 Å². The molecule has 0 aliphatic carbocycles. The summed E-state index contributed by atoms with van der Waals surface area (Å²) < 4.78 is 3.49. The van der Waals surface area contributed by atoms with Gasteiger partial charge in [0, 0.05) is 40.6 Å². The van der Waals surface area contributed by atoms with Gasteiger partial charge in [0.1, 0.15) is 0 Å². The fourth-order valence-corrected chi connectivity index (χ4v) is 4.09. The van der Waals surface area contributed by atoms with Crippen molar-refractivity contribution in [3.05, 3.63) is 53.4 Å². The predicted octanol–water partition coefficient (Wildman–Crippen LogP) is 4.15. The van der Waals surface area contributed by atoms with E-state index >= 15 is 0 Å². The summed E-state index contributed by atoms with van der Waals surface area (Å²) in [6.07, 6.45) is 5.70. The second-order valence-electron chi connectivity index (χ2n) is 5.64. The standard InChI is InChI=1S/C17H21N3S/c1-12(10-20-9-8-18-11-20)19-14(3)17-13(2)15-6-4-5-7-16(15)21-17/h4-9,11-12,14,19H,10H2,1-3H3. The van der Waals surface area contributed by atoms with E-state index < -0.39 is 0 Å². The lowest BCUT2D eigenvalue weighted by Crippen LogP contribution is -2.32. The minimum atomic E-state index is 0.362. The van der Waals surface area contributed by atoms with Gasteiger partial charge < -0.3 is 9.88 Å². The van der Waals surface area contributed by atoms with Gasteiger partial charge in [-0.25, -0.2) is 4.98 Å². The zero-order valence-electron chi connectivity index (χ0n) is 12.7. The molecular formula is C17H21N3S. The van der Waals surface area contributed by atoms with E-state index in [2.05, 4.69) is 59.9 Å². The lowest BCUT2D eigenvalue weighted by atomic mass is 10.1. The highest BCUT2D eigenvalue weighted by Gasteiger charge is 2.16. The molecule has 3 aromatic rings. The first-order valence-corrected chi connectivity index (χ1v) is 8.16. The summed E-state index contributed by atoms with van der Waals surface area (Å²) in [4.78, 5) is 5.53. The second kappa shape index (κ2) is 6.00. The molecule has 0 saturated carbocycles. The molecular weight excluding hydrogens is 278 g/mol. The summed E-state index contributed by atoms with van der Waals surface area (Å²) >= 11 is 1.90. The summed E-state index contributed by atoms with van der Waals surface area (Å²) in [5, 5.41) is 5.08. The van der Waals surface area contributed by atoms with E-state index in [0.29, 0.717) is 12.1 Å². The van der Waals surface area contributed by atoms with Crippen molar-refractivity contribution in [2.75, 3.05) is 0 Å². The monoisotopic (exact) mass is 299 g/mol. The van der Waals surface area contributed by atoms with Crippen LogP contribution in [-0.2, 0) is 6.54 Å². The Kier molecular flexibility index (Phi) is 4.08. The number of rotatable bonds is 5. The van der Waals surface area contributed by atoms with Crippen molar-refractivity contribution in [1.29, 1.82) is 0 Å². The Balaban J connectivity index is 1.74. The molecule has 0 aliphatic rings. The molecule has 0 amide bonds. The average molecular weight is 299 g/mol. The molecule has 2 atom stereocenters. The summed E-state index contributed by atoms with van der Waals surface area (Å²) in [6.45, 7) is 7.64. The highest BCUT2D eigenvalue weighted by molar-refractivity contribution is 7.19. The Labute approximate surface area is 129 Å². The number of fused-ring (bicyclic) bond motifs is 1. The number of aryl methyl sites for hydroxylation is 1. The van der Waals surface area contributed by atoms with E-state index in [4.69, 9.17) is 0 Å². The maximum Gasteiger partial charge on any atom is 0.0946 e. The van der Waals surface area contributed by atoms with E-state index in [1.54, 1.807) is 0 Å². The normalized spacial score (nSPS) is 14.4. The van der Waals surface area contributed by atoms with Gasteiger partial charge >= 0.3 is 0 Å². The third-order valence-electron chi connectivity index (χ3n) is 3.85. The Morgan fingerprint density at radius 3 is 2.81 bits per heavy atom. The summed E-state index contributed by atoms with van der Waals surface area (Å²) in [5.41, 5.74) is 1.41. The van der Waals surface area contributed by atoms with Crippen LogP contribution in [0.1, 0.15) is 30.3 Å². The molecule has 0 radical (unpaired) electrons.